The van der Waals surface area contributed by atoms with Crippen molar-refractivity contribution in [2.24, 2.45) is 0 Å². The third-order valence-corrected chi connectivity index (χ3v) is 4.48. The molecule has 0 atom stereocenters. The molecular formula is C21H23N3O3. The van der Waals surface area contributed by atoms with Gasteiger partial charge in [-0.3, -0.25) is 4.79 Å². The molecule has 0 radical (unpaired) electrons. The molecule has 0 aliphatic rings. The lowest BCUT2D eigenvalue weighted by Gasteiger charge is -2.26. The smallest absolute Gasteiger partial charge is 0.257 e. The molecule has 1 heterocycles. The number of methoxy groups -OCH3 is 1. The number of amides is 1. The second-order valence-electron chi connectivity index (χ2n) is 7.02. The fourth-order valence-electron chi connectivity index (χ4n) is 2.73. The lowest BCUT2D eigenvalue weighted by atomic mass is 9.84. The van der Waals surface area contributed by atoms with E-state index in [1.807, 2.05) is 24.3 Å². The first kappa shape index (κ1) is 18.6. The number of nitrogens with zero attached hydrogens (tertiary/aromatic N) is 2. The number of nitrogens with one attached hydrogen (secondary N) is 1. The van der Waals surface area contributed by atoms with E-state index in [1.54, 1.807) is 38.3 Å². The molecule has 1 N–H and O–H groups in total. The molecule has 3 rings (SSSR count). The molecule has 0 saturated carbocycles. The zero-order chi connectivity index (χ0) is 19.4. The number of aromatic nitrogens is 2. The largest absolute Gasteiger partial charge is 0.497 e. The monoisotopic (exact) mass is 365 g/mol. The van der Waals surface area contributed by atoms with Crippen molar-refractivity contribution in [1.29, 1.82) is 0 Å². The minimum atomic E-state index is -0.205. The average molecular weight is 365 g/mol. The summed E-state index contributed by atoms with van der Waals surface area (Å²) in [5, 5.41) is 6.78. The van der Waals surface area contributed by atoms with Gasteiger partial charge in [-0.1, -0.05) is 31.1 Å². The zero-order valence-electron chi connectivity index (χ0n) is 15.9. The van der Waals surface area contributed by atoms with E-state index in [-0.39, 0.29) is 11.3 Å². The van der Waals surface area contributed by atoms with Gasteiger partial charge < -0.3 is 14.6 Å². The lowest BCUT2D eigenvalue weighted by Crippen LogP contribution is -2.36. The van der Waals surface area contributed by atoms with Crippen molar-refractivity contribution in [3.63, 3.8) is 0 Å². The second-order valence-corrected chi connectivity index (χ2v) is 7.02. The second kappa shape index (κ2) is 7.61. The van der Waals surface area contributed by atoms with Crippen LogP contribution in [-0.4, -0.2) is 29.7 Å². The van der Waals surface area contributed by atoms with Gasteiger partial charge in [0.25, 0.3) is 11.8 Å². The van der Waals surface area contributed by atoms with Crippen LogP contribution in [0.1, 0.15) is 35.6 Å². The van der Waals surface area contributed by atoms with Gasteiger partial charge in [0.1, 0.15) is 5.75 Å². The quantitative estimate of drug-likeness (QED) is 0.720. The highest BCUT2D eigenvalue weighted by atomic mass is 16.5. The van der Waals surface area contributed by atoms with E-state index in [0.29, 0.717) is 23.8 Å². The molecule has 0 fully saturated rings. The van der Waals surface area contributed by atoms with Crippen LogP contribution in [0.15, 0.2) is 53.1 Å². The van der Waals surface area contributed by atoms with Crippen LogP contribution < -0.4 is 10.1 Å². The van der Waals surface area contributed by atoms with E-state index >= 15 is 0 Å². The average Bonchev–Trinajstić information content (AvgIpc) is 3.12. The van der Waals surface area contributed by atoms with Gasteiger partial charge in [-0.2, -0.15) is 4.98 Å². The highest BCUT2D eigenvalue weighted by Crippen LogP contribution is 2.25. The number of carbonyl (C=O) groups excluding carboxylic acids is 1. The van der Waals surface area contributed by atoms with Crippen LogP contribution in [0.3, 0.4) is 0 Å². The van der Waals surface area contributed by atoms with E-state index in [1.165, 1.54) is 0 Å². The highest BCUT2D eigenvalue weighted by molar-refractivity contribution is 5.94. The van der Waals surface area contributed by atoms with Crippen molar-refractivity contribution in [3.05, 3.63) is 65.5 Å². The third-order valence-electron chi connectivity index (χ3n) is 4.48. The Morgan fingerprint density at radius 3 is 2.33 bits per heavy atom. The van der Waals surface area contributed by atoms with Gasteiger partial charge in [-0.15, -0.1) is 0 Å². The molecular weight excluding hydrogens is 342 g/mol. The number of benzene rings is 2. The van der Waals surface area contributed by atoms with Gasteiger partial charge in [0.05, 0.1) is 7.11 Å². The van der Waals surface area contributed by atoms with Crippen molar-refractivity contribution in [2.75, 3.05) is 13.7 Å². The topological polar surface area (TPSA) is 77.2 Å². The van der Waals surface area contributed by atoms with Gasteiger partial charge in [0.15, 0.2) is 5.82 Å². The maximum absolute atomic E-state index is 12.5. The standard InChI is InChI=1S/C21H23N3O3/c1-14-23-20(27-24-14)16-7-5-15(6-8-16)19(25)22-13-21(2,3)17-9-11-18(26-4)12-10-17/h5-12H,13H2,1-4H3,(H,22,25). The fraction of sp³-hybridized carbons (Fsp3) is 0.286. The Morgan fingerprint density at radius 2 is 1.78 bits per heavy atom. The maximum Gasteiger partial charge on any atom is 0.257 e. The first-order valence-electron chi connectivity index (χ1n) is 8.72. The highest BCUT2D eigenvalue weighted by Gasteiger charge is 2.22. The van der Waals surface area contributed by atoms with E-state index in [0.717, 1.165) is 16.9 Å². The third kappa shape index (κ3) is 4.34. The summed E-state index contributed by atoms with van der Waals surface area (Å²) >= 11 is 0. The molecule has 6 nitrogen and oxygen atoms in total. The van der Waals surface area contributed by atoms with E-state index < -0.39 is 0 Å². The molecule has 1 aromatic heterocycles. The number of aryl methyl sites for hydroxylation is 1. The van der Waals surface area contributed by atoms with Crippen LogP contribution in [0, 0.1) is 6.92 Å². The van der Waals surface area contributed by atoms with Crippen molar-refractivity contribution in [3.8, 4) is 17.2 Å². The van der Waals surface area contributed by atoms with Gasteiger partial charge in [0.2, 0.25) is 0 Å². The molecule has 6 heteroatoms. The number of carbonyl (C=O) groups is 1. The fourth-order valence-corrected chi connectivity index (χ4v) is 2.73. The Morgan fingerprint density at radius 1 is 1.11 bits per heavy atom. The van der Waals surface area contributed by atoms with E-state index in [2.05, 4.69) is 29.3 Å². The minimum Gasteiger partial charge on any atom is -0.497 e. The molecule has 140 valence electrons. The van der Waals surface area contributed by atoms with Crippen molar-refractivity contribution in [2.45, 2.75) is 26.2 Å². The predicted octanol–water partition coefficient (Wildman–Crippen LogP) is 3.76. The molecule has 2 aromatic carbocycles. The maximum atomic E-state index is 12.5. The Kier molecular flexibility index (Phi) is 5.26. The van der Waals surface area contributed by atoms with Crippen molar-refractivity contribution in [1.82, 2.24) is 15.5 Å². The SMILES string of the molecule is COc1ccc(C(C)(C)CNC(=O)c2ccc(-c3nc(C)no3)cc2)cc1. The molecule has 0 saturated heterocycles. The zero-order valence-corrected chi connectivity index (χ0v) is 15.9. The molecule has 0 aliphatic carbocycles. The molecule has 3 aromatic rings. The van der Waals surface area contributed by atoms with Gasteiger partial charge in [-0.25, -0.2) is 0 Å². The van der Waals surface area contributed by atoms with Gasteiger partial charge in [-0.05, 0) is 48.9 Å². The first-order valence-corrected chi connectivity index (χ1v) is 8.72. The Bertz CT molecular complexity index is 913. The van der Waals surface area contributed by atoms with Crippen LogP contribution >= 0.6 is 0 Å². The van der Waals surface area contributed by atoms with E-state index in [9.17, 15) is 4.79 Å². The molecule has 0 bridgehead atoms. The Labute approximate surface area is 158 Å². The van der Waals surface area contributed by atoms with Gasteiger partial charge in [0, 0.05) is 23.1 Å². The molecule has 1 amide bonds. The summed E-state index contributed by atoms with van der Waals surface area (Å²) in [5.74, 6) is 1.72. The minimum absolute atomic E-state index is 0.121. The van der Waals surface area contributed by atoms with Crippen LogP contribution in [0.5, 0.6) is 5.75 Å². The van der Waals surface area contributed by atoms with E-state index in [4.69, 9.17) is 9.26 Å². The molecule has 27 heavy (non-hydrogen) atoms. The number of hydrogen-bond donors (Lipinski definition) is 1. The van der Waals surface area contributed by atoms with Crippen LogP contribution in [0.2, 0.25) is 0 Å². The van der Waals surface area contributed by atoms with Crippen LogP contribution in [0.4, 0.5) is 0 Å². The summed E-state index contributed by atoms with van der Waals surface area (Å²) in [7, 11) is 1.64. The summed E-state index contributed by atoms with van der Waals surface area (Å²) in [6.07, 6.45) is 0. The summed E-state index contributed by atoms with van der Waals surface area (Å²) < 4.78 is 10.3. The summed E-state index contributed by atoms with van der Waals surface area (Å²) in [6, 6.07) is 15.0. The number of rotatable bonds is 6. The number of hydrogen-bond acceptors (Lipinski definition) is 5. The summed E-state index contributed by atoms with van der Waals surface area (Å²) in [4.78, 5) is 16.7. The van der Waals surface area contributed by atoms with Crippen molar-refractivity contribution >= 4 is 5.91 Å². The first-order chi connectivity index (χ1) is 12.9. The van der Waals surface area contributed by atoms with Crippen molar-refractivity contribution < 1.29 is 14.1 Å². The predicted molar refractivity (Wildman–Crippen MR) is 103 cm³/mol. The molecule has 0 aliphatic heterocycles. The number of ether oxygens (including phenoxy) is 1. The normalized spacial score (nSPS) is 11.3. The van der Waals surface area contributed by atoms with Crippen LogP contribution in [-0.2, 0) is 5.41 Å². The Hall–Kier alpha value is -3.15. The molecule has 0 spiro atoms. The van der Waals surface area contributed by atoms with Crippen LogP contribution in [0.25, 0.3) is 11.5 Å². The molecule has 0 unspecified atom stereocenters. The lowest BCUT2D eigenvalue weighted by molar-refractivity contribution is 0.0945. The summed E-state index contributed by atoms with van der Waals surface area (Å²) in [5.41, 5.74) is 2.29. The Balaban J connectivity index is 1.64. The summed E-state index contributed by atoms with van der Waals surface area (Å²) in [6.45, 7) is 6.47. The van der Waals surface area contributed by atoms with Gasteiger partial charge >= 0.3 is 0 Å².